The van der Waals surface area contributed by atoms with E-state index in [1.807, 2.05) is 0 Å². The van der Waals surface area contributed by atoms with Crippen LogP contribution >= 0.6 is 15.9 Å². The molecule has 0 aliphatic rings. The first-order valence-corrected chi connectivity index (χ1v) is 7.03. The van der Waals surface area contributed by atoms with Gasteiger partial charge in [-0.05, 0) is 37.1 Å². The van der Waals surface area contributed by atoms with Gasteiger partial charge in [-0.25, -0.2) is 0 Å². The molecule has 1 atom stereocenters. The molecule has 90 valence electrons. The summed E-state index contributed by atoms with van der Waals surface area (Å²) < 4.78 is 1.18. The molecular formula is C14H22BrN. The van der Waals surface area contributed by atoms with Crippen LogP contribution in [0.2, 0.25) is 0 Å². The lowest BCUT2D eigenvalue weighted by atomic mass is 10.0. The molecule has 2 heteroatoms. The fraction of sp³-hybridized carbons (Fsp3) is 0.571. The van der Waals surface area contributed by atoms with Crippen LogP contribution in [0.4, 0.5) is 0 Å². The van der Waals surface area contributed by atoms with Gasteiger partial charge < -0.3 is 5.32 Å². The minimum atomic E-state index is 0.624. The first kappa shape index (κ1) is 13.7. The zero-order chi connectivity index (χ0) is 11.8. The van der Waals surface area contributed by atoms with Crippen molar-refractivity contribution in [2.45, 2.75) is 45.6 Å². The minimum Gasteiger partial charge on any atom is -0.314 e. The summed E-state index contributed by atoms with van der Waals surface area (Å²) in [5, 5.41) is 3.57. The quantitative estimate of drug-likeness (QED) is 0.792. The Morgan fingerprint density at radius 1 is 1.31 bits per heavy atom. The highest BCUT2D eigenvalue weighted by Crippen LogP contribution is 2.14. The Morgan fingerprint density at radius 2 is 2.12 bits per heavy atom. The smallest absolute Gasteiger partial charge is 0.0178 e. The maximum atomic E-state index is 3.57. The molecule has 0 amide bonds. The fourth-order valence-corrected chi connectivity index (χ4v) is 2.41. The van der Waals surface area contributed by atoms with Gasteiger partial charge in [0.1, 0.15) is 0 Å². The topological polar surface area (TPSA) is 12.0 Å². The Hall–Kier alpha value is -0.340. The summed E-state index contributed by atoms with van der Waals surface area (Å²) in [7, 11) is 0. The van der Waals surface area contributed by atoms with Gasteiger partial charge in [0.2, 0.25) is 0 Å². The zero-order valence-corrected chi connectivity index (χ0v) is 11.9. The molecule has 0 saturated heterocycles. The van der Waals surface area contributed by atoms with Crippen LogP contribution in [-0.4, -0.2) is 12.6 Å². The number of benzene rings is 1. The summed E-state index contributed by atoms with van der Waals surface area (Å²) in [5.41, 5.74) is 1.41. The molecule has 0 aliphatic carbocycles. The van der Waals surface area contributed by atoms with E-state index < -0.39 is 0 Å². The molecule has 1 aromatic carbocycles. The summed E-state index contributed by atoms with van der Waals surface area (Å²) in [6.45, 7) is 5.49. The summed E-state index contributed by atoms with van der Waals surface area (Å²) in [5.74, 6) is 0. The lowest BCUT2D eigenvalue weighted by Gasteiger charge is -2.17. The third-order valence-corrected chi connectivity index (χ3v) is 3.26. The highest BCUT2D eigenvalue weighted by atomic mass is 79.9. The van der Waals surface area contributed by atoms with Crippen molar-refractivity contribution in [1.29, 1.82) is 0 Å². The van der Waals surface area contributed by atoms with E-state index >= 15 is 0 Å². The van der Waals surface area contributed by atoms with Crippen molar-refractivity contribution >= 4 is 15.9 Å². The average Bonchev–Trinajstić information content (AvgIpc) is 2.26. The van der Waals surface area contributed by atoms with Crippen molar-refractivity contribution in [3.05, 3.63) is 34.3 Å². The molecule has 0 spiro atoms. The van der Waals surface area contributed by atoms with Crippen LogP contribution in [-0.2, 0) is 6.42 Å². The zero-order valence-electron chi connectivity index (χ0n) is 10.3. The average molecular weight is 284 g/mol. The minimum absolute atomic E-state index is 0.624. The van der Waals surface area contributed by atoms with Crippen LogP contribution in [0, 0.1) is 0 Å². The van der Waals surface area contributed by atoms with Crippen molar-refractivity contribution < 1.29 is 0 Å². The van der Waals surface area contributed by atoms with Gasteiger partial charge in [0.15, 0.2) is 0 Å². The Bertz CT molecular complexity index is 299. The number of likely N-dealkylation sites (N-methyl/N-ethyl adjacent to an activating group) is 1. The van der Waals surface area contributed by atoms with Gasteiger partial charge in [-0.2, -0.15) is 0 Å². The monoisotopic (exact) mass is 283 g/mol. The molecule has 0 aliphatic heterocycles. The van der Waals surface area contributed by atoms with E-state index in [9.17, 15) is 0 Å². The predicted molar refractivity (Wildman–Crippen MR) is 74.8 cm³/mol. The maximum Gasteiger partial charge on any atom is 0.0178 e. The second-order valence-corrected chi connectivity index (χ2v) is 5.15. The lowest BCUT2D eigenvalue weighted by Crippen LogP contribution is -2.30. The SMILES string of the molecule is CCCCC(Cc1cccc(Br)c1)NCC. The molecule has 0 saturated carbocycles. The summed E-state index contributed by atoms with van der Waals surface area (Å²) >= 11 is 3.52. The van der Waals surface area contributed by atoms with Crippen molar-refractivity contribution in [3.8, 4) is 0 Å². The molecule has 16 heavy (non-hydrogen) atoms. The molecule has 1 unspecified atom stereocenters. The van der Waals surface area contributed by atoms with Crippen LogP contribution in [0.3, 0.4) is 0 Å². The molecule has 0 aromatic heterocycles. The number of halogens is 1. The van der Waals surface area contributed by atoms with E-state index in [4.69, 9.17) is 0 Å². The van der Waals surface area contributed by atoms with E-state index in [-0.39, 0.29) is 0 Å². The molecule has 1 rings (SSSR count). The van der Waals surface area contributed by atoms with Crippen LogP contribution in [0.1, 0.15) is 38.7 Å². The van der Waals surface area contributed by atoms with Gasteiger partial charge in [0.05, 0.1) is 0 Å². The van der Waals surface area contributed by atoms with E-state index in [1.165, 1.54) is 29.3 Å². The van der Waals surface area contributed by atoms with Gasteiger partial charge in [0.25, 0.3) is 0 Å². The number of nitrogens with one attached hydrogen (secondary N) is 1. The highest BCUT2D eigenvalue weighted by Gasteiger charge is 2.07. The summed E-state index contributed by atoms with van der Waals surface area (Å²) in [6, 6.07) is 9.25. The van der Waals surface area contributed by atoms with Crippen molar-refractivity contribution in [1.82, 2.24) is 5.32 Å². The molecule has 0 fully saturated rings. The first-order chi connectivity index (χ1) is 7.76. The summed E-state index contributed by atoms with van der Waals surface area (Å²) in [6.07, 6.45) is 5.00. The number of unbranched alkanes of at least 4 members (excludes halogenated alkanes) is 1. The number of hydrogen-bond donors (Lipinski definition) is 1. The van der Waals surface area contributed by atoms with Crippen LogP contribution in [0.15, 0.2) is 28.7 Å². The summed E-state index contributed by atoms with van der Waals surface area (Å²) in [4.78, 5) is 0. The largest absolute Gasteiger partial charge is 0.314 e. The third kappa shape index (κ3) is 5.13. The van der Waals surface area contributed by atoms with Crippen molar-refractivity contribution in [2.24, 2.45) is 0 Å². The second kappa shape index (κ2) is 7.86. The molecule has 0 radical (unpaired) electrons. The Kier molecular flexibility index (Phi) is 6.74. The lowest BCUT2D eigenvalue weighted by molar-refractivity contribution is 0.473. The van der Waals surface area contributed by atoms with E-state index in [0.717, 1.165) is 13.0 Å². The van der Waals surface area contributed by atoms with Crippen LogP contribution in [0.5, 0.6) is 0 Å². The molecule has 1 aromatic rings. The van der Waals surface area contributed by atoms with E-state index in [1.54, 1.807) is 0 Å². The van der Waals surface area contributed by atoms with E-state index in [2.05, 4.69) is 59.4 Å². The molecule has 0 heterocycles. The normalized spacial score (nSPS) is 12.7. The third-order valence-electron chi connectivity index (χ3n) is 2.77. The number of hydrogen-bond acceptors (Lipinski definition) is 1. The van der Waals surface area contributed by atoms with E-state index in [0.29, 0.717) is 6.04 Å². The Labute approximate surface area is 108 Å². The molecule has 0 bridgehead atoms. The Balaban J connectivity index is 2.52. The fourth-order valence-electron chi connectivity index (χ4n) is 1.96. The van der Waals surface area contributed by atoms with Gasteiger partial charge in [-0.3, -0.25) is 0 Å². The van der Waals surface area contributed by atoms with Crippen molar-refractivity contribution in [2.75, 3.05) is 6.54 Å². The van der Waals surface area contributed by atoms with Gasteiger partial charge >= 0.3 is 0 Å². The van der Waals surface area contributed by atoms with Gasteiger partial charge in [-0.1, -0.05) is 54.8 Å². The van der Waals surface area contributed by atoms with Crippen molar-refractivity contribution in [3.63, 3.8) is 0 Å². The van der Waals surface area contributed by atoms with Crippen LogP contribution in [0.25, 0.3) is 0 Å². The molecule has 1 nitrogen and oxygen atoms in total. The predicted octanol–water partition coefficient (Wildman–Crippen LogP) is 4.16. The second-order valence-electron chi connectivity index (χ2n) is 4.23. The number of rotatable bonds is 7. The molecular weight excluding hydrogens is 262 g/mol. The molecule has 1 N–H and O–H groups in total. The van der Waals surface area contributed by atoms with Gasteiger partial charge in [0, 0.05) is 10.5 Å². The Morgan fingerprint density at radius 3 is 2.75 bits per heavy atom. The van der Waals surface area contributed by atoms with Crippen LogP contribution < -0.4 is 5.32 Å². The standard InChI is InChI=1S/C14H22BrN/c1-3-5-9-14(16-4-2)11-12-7-6-8-13(15)10-12/h6-8,10,14,16H,3-5,9,11H2,1-2H3. The highest BCUT2D eigenvalue weighted by molar-refractivity contribution is 9.10. The first-order valence-electron chi connectivity index (χ1n) is 6.24. The maximum absolute atomic E-state index is 3.57. The van der Waals surface area contributed by atoms with Gasteiger partial charge in [-0.15, -0.1) is 0 Å².